The van der Waals surface area contributed by atoms with Crippen LogP contribution in [-0.4, -0.2) is 46.0 Å². The van der Waals surface area contributed by atoms with Crippen LogP contribution in [0, 0.1) is 0 Å². The SMILES string of the molecule is COc1ccc(CN(C(=O)CCNS(=O)(=O)/C=C/c2ccccc2)C2CC2)c(OC)c1. The fraction of sp³-hybridized carbons (Fsp3) is 0.348. The smallest absolute Gasteiger partial charge is 0.233 e. The number of amides is 1. The average Bonchev–Trinajstić information content (AvgIpc) is 3.62. The lowest BCUT2D eigenvalue weighted by molar-refractivity contribution is -0.132. The van der Waals surface area contributed by atoms with Gasteiger partial charge in [-0.1, -0.05) is 30.3 Å². The quantitative estimate of drug-likeness (QED) is 0.575. The summed E-state index contributed by atoms with van der Waals surface area (Å²) in [6.07, 6.45) is 3.52. The van der Waals surface area contributed by atoms with Crippen molar-refractivity contribution in [3.05, 3.63) is 65.1 Å². The molecule has 8 heteroatoms. The van der Waals surface area contributed by atoms with E-state index in [1.807, 2.05) is 42.5 Å². The molecule has 1 aliphatic carbocycles. The topological polar surface area (TPSA) is 84.9 Å². The molecule has 0 saturated heterocycles. The molecule has 1 aliphatic rings. The van der Waals surface area contributed by atoms with Gasteiger partial charge in [0, 0.05) is 42.6 Å². The summed E-state index contributed by atoms with van der Waals surface area (Å²) < 4.78 is 37.5. The Morgan fingerprint density at radius 2 is 1.87 bits per heavy atom. The van der Waals surface area contributed by atoms with Crippen molar-refractivity contribution in [3.63, 3.8) is 0 Å². The van der Waals surface area contributed by atoms with Crippen LogP contribution in [0.2, 0.25) is 0 Å². The van der Waals surface area contributed by atoms with Gasteiger partial charge in [-0.2, -0.15) is 0 Å². The fourth-order valence-corrected chi connectivity index (χ4v) is 4.02. The van der Waals surface area contributed by atoms with Gasteiger partial charge in [0.25, 0.3) is 0 Å². The third kappa shape index (κ3) is 6.83. The van der Waals surface area contributed by atoms with E-state index in [1.54, 1.807) is 25.2 Å². The van der Waals surface area contributed by atoms with Crippen LogP contribution in [0.4, 0.5) is 0 Å². The highest BCUT2D eigenvalue weighted by molar-refractivity contribution is 7.92. The molecular formula is C23H28N2O5S. The van der Waals surface area contributed by atoms with Crippen LogP contribution >= 0.6 is 0 Å². The molecule has 166 valence electrons. The largest absolute Gasteiger partial charge is 0.497 e. The molecule has 31 heavy (non-hydrogen) atoms. The van der Waals surface area contributed by atoms with Gasteiger partial charge in [-0.25, -0.2) is 13.1 Å². The highest BCUT2D eigenvalue weighted by atomic mass is 32.2. The molecule has 0 heterocycles. The van der Waals surface area contributed by atoms with Gasteiger partial charge < -0.3 is 14.4 Å². The first-order valence-electron chi connectivity index (χ1n) is 10.1. The number of benzene rings is 2. The van der Waals surface area contributed by atoms with E-state index < -0.39 is 10.0 Å². The number of nitrogens with one attached hydrogen (secondary N) is 1. The first-order valence-corrected chi connectivity index (χ1v) is 11.7. The van der Waals surface area contributed by atoms with Gasteiger partial charge in [0.2, 0.25) is 15.9 Å². The molecule has 0 radical (unpaired) electrons. The summed E-state index contributed by atoms with van der Waals surface area (Å²) in [6.45, 7) is 0.459. The second-order valence-corrected chi connectivity index (χ2v) is 8.98. The van der Waals surface area contributed by atoms with Crippen molar-refractivity contribution in [1.82, 2.24) is 9.62 Å². The predicted molar refractivity (Wildman–Crippen MR) is 120 cm³/mol. The molecule has 0 aromatic heterocycles. The maximum atomic E-state index is 12.8. The first-order chi connectivity index (χ1) is 14.9. The van der Waals surface area contributed by atoms with Gasteiger partial charge in [0.15, 0.2) is 0 Å². The molecule has 0 bridgehead atoms. The van der Waals surface area contributed by atoms with E-state index in [-0.39, 0.29) is 24.9 Å². The predicted octanol–water partition coefficient (Wildman–Crippen LogP) is 3.18. The minimum atomic E-state index is -3.62. The molecule has 0 unspecified atom stereocenters. The van der Waals surface area contributed by atoms with E-state index in [0.29, 0.717) is 18.0 Å². The molecule has 0 atom stereocenters. The molecule has 1 N–H and O–H groups in total. The number of rotatable bonds is 11. The molecule has 3 rings (SSSR count). The molecule has 1 fully saturated rings. The molecule has 2 aromatic rings. The number of methoxy groups -OCH3 is 2. The third-order valence-corrected chi connectivity index (χ3v) is 6.13. The van der Waals surface area contributed by atoms with E-state index in [1.165, 1.54) is 6.08 Å². The Morgan fingerprint density at radius 1 is 1.13 bits per heavy atom. The van der Waals surface area contributed by atoms with Crippen LogP contribution in [0.1, 0.15) is 30.4 Å². The number of hydrogen-bond acceptors (Lipinski definition) is 5. The maximum absolute atomic E-state index is 12.8. The van der Waals surface area contributed by atoms with Gasteiger partial charge >= 0.3 is 0 Å². The molecular weight excluding hydrogens is 416 g/mol. The monoisotopic (exact) mass is 444 g/mol. The Bertz CT molecular complexity index is 1020. The molecule has 7 nitrogen and oxygen atoms in total. The van der Waals surface area contributed by atoms with E-state index >= 15 is 0 Å². The third-order valence-electron chi connectivity index (χ3n) is 5.02. The van der Waals surface area contributed by atoms with Crippen LogP contribution in [0.15, 0.2) is 53.9 Å². The molecule has 2 aromatic carbocycles. The summed E-state index contributed by atoms with van der Waals surface area (Å²) in [4.78, 5) is 14.6. The highest BCUT2D eigenvalue weighted by Gasteiger charge is 2.32. The number of sulfonamides is 1. The van der Waals surface area contributed by atoms with Crippen molar-refractivity contribution < 1.29 is 22.7 Å². The summed E-state index contributed by atoms with van der Waals surface area (Å²) in [5.74, 6) is 1.25. The van der Waals surface area contributed by atoms with Crippen molar-refractivity contribution >= 4 is 22.0 Å². The molecule has 1 amide bonds. The lowest BCUT2D eigenvalue weighted by atomic mass is 10.1. The fourth-order valence-electron chi connectivity index (χ4n) is 3.20. The Balaban J connectivity index is 1.57. The van der Waals surface area contributed by atoms with Crippen molar-refractivity contribution in [2.75, 3.05) is 20.8 Å². The van der Waals surface area contributed by atoms with Crippen LogP contribution in [0.5, 0.6) is 11.5 Å². The highest BCUT2D eigenvalue weighted by Crippen LogP contribution is 2.32. The Labute approximate surface area is 183 Å². The van der Waals surface area contributed by atoms with E-state index in [2.05, 4.69) is 4.72 Å². The number of carbonyl (C=O) groups is 1. The standard InChI is InChI=1S/C23H28N2O5S/c1-29-21-11-8-19(22(16-21)30-2)17-25(20-9-10-20)23(26)12-14-24-31(27,28)15-13-18-6-4-3-5-7-18/h3-8,11,13,15-16,20,24H,9-10,12,14,17H2,1-2H3/b15-13+. The normalized spacial score (nSPS) is 13.9. The first kappa shape index (κ1) is 22.8. The minimum absolute atomic E-state index is 0.0449. The second-order valence-electron chi connectivity index (χ2n) is 7.33. The molecule has 1 saturated carbocycles. The van der Waals surface area contributed by atoms with Gasteiger partial charge in [-0.15, -0.1) is 0 Å². The van der Waals surface area contributed by atoms with Crippen LogP contribution in [0.25, 0.3) is 6.08 Å². The average molecular weight is 445 g/mol. The Hall–Kier alpha value is -2.84. The van der Waals surface area contributed by atoms with Crippen LogP contribution in [-0.2, 0) is 21.4 Å². The Morgan fingerprint density at radius 3 is 2.52 bits per heavy atom. The van der Waals surface area contributed by atoms with Crippen molar-refractivity contribution in [1.29, 1.82) is 0 Å². The van der Waals surface area contributed by atoms with Gasteiger partial charge in [-0.3, -0.25) is 4.79 Å². The van der Waals surface area contributed by atoms with E-state index in [9.17, 15) is 13.2 Å². The second kappa shape index (κ2) is 10.5. The van der Waals surface area contributed by atoms with Crippen LogP contribution < -0.4 is 14.2 Å². The van der Waals surface area contributed by atoms with Crippen LogP contribution in [0.3, 0.4) is 0 Å². The zero-order valence-corrected chi connectivity index (χ0v) is 18.6. The Kier molecular flexibility index (Phi) is 7.70. The number of hydrogen-bond donors (Lipinski definition) is 1. The number of nitrogens with zero attached hydrogens (tertiary/aromatic N) is 1. The zero-order valence-electron chi connectivity index (χ0n) is 17.8. The molecule has 0 aliphatic heterocycles. The summed E-state index contributed by atoms with van der Waals surface area (Å²) in [6, 6.07) is 14.9. The summed E-state index contributed by atoms with van der Waals surface area (Å²) >= 11 is 0. The van der Waals surface area contributed by atoms with Crippen molar-refractivity contribution in [2.45, 2.75) is 31.8 Å². The minimum Gasteiger partial charge on any atom is -0.497 e. The summed E-state index contributed by atoms with van der Waals surface area (Å²) in [5.41, 5.74) is 1.67. The van der Waals surface area contributed by atoms with Crippen molar-refractivity contribution in [2.24, 2.45) is 0 Å². The van der Waals surface area contributed by atoms with Crippen molar-refractivity contribution in [3.8, 4) is 11.5 Å². The van der Waals surface area contributed by atoms with E-state index in [4.69, 9.17) is 9.47 Å². The molecule has 0 spiro atoms. The van der Waals surface area contributed by atoms with E-state index in [0.717, 1.165) is 29.4 Å². The summed E-state index contributed by atoms with van der Waals surface area (Å²) in [7, 11) is -0.448. The van der Waals surface area contributed by atoms with Gasteiger partial charge in [-0.05, 0) is 36.6 Å². The zero-order chi connectivity index (χ0) is 22.3. The van der Waals surface area contributed by atoms with Gasteiger partial charge in [0.1, 0.15) is 11.5 Å². The van der Waals surface area contributed by atoms with Gasteiger partial charge in [0.05, 0.1) is 14.2 Å². The number of ether oxygens (including phenoxy) is 2. The lowest BCUT2D eigenvalue weighted by Crippen LogP contribution is -2.35. The summed E-state index contributed by atoms with van der Waals surface area (Å²) in [5, 5.41) is 1.12. The lowest BCUT2D eigenvalue weighted by Gasteiger charge is -2.24. The number of carbonyl (C=O) groups excluding carboxylic acids is 1. The maximum Gasteiger partial charge on any atom is 0.233 e.